The van der Waals surface area contributed by atoms with Crippen molar-refractivity contribution < 1.29 is 9.59 Å². The number of carbonyl (C=O) groups excluding carboxylic acids is 2. The molecule has 0 saturated heterocycles. The second-order valence-corrected chi connectivity index (χ2v) is 4.64. The Hall–Kier alpha value is -2.76. The van der Waals surface area contributed by atoms with Crippen molar-refractivity contribution in [2.75, 3.05) is 14.1 Å². The molecule has 0 aliphatic heterocycles. The van der Waals surface area contributed by atoms with Crippen LogP contribution < -0.4 is 0 Å². The maximum atomic E-state index is 12.3. The predicted octanol–water partition coefficient (Wildman–Crippen LogP) is 1.30. The van der Waals surface area contributed by atoms with Gasteiger partial charge in [0.2, 0.25) is 11.6 Å². The van der Waals surface area contributed by atoms with Crippen molar-refractivity contribution in [1.82, 2.24) is 19.9 Å². The molecule has 0 aromatic carbocycles. The van der Waals surface area contributed by atoms with Crippen molar-refractivity contribution in [1.29, 1.82) is 0 Å². The average Bonchev–Trinajstić information content (AvgIpc) is 2.89. The molecule has 2 aromatic heterocycles. The first kappa shape index (κ1) is 12.3. The Morgan fingerprint density at radius 1 is 1.20 bits per heavy atom. The van der Waals surface area contributed by atoms with E-state index in [0.717, 1.165) is 0 Å². The Morgan fingerprint density at radius 3 is 2.65 bits per heavy atom. The van der Waals surface area contributed by atoms with E-state index in [2.05, 4.69) is 15.0 Å². The number of hydrogen-bond acceptors (Lipinski definition) is 5. The highest BCUT2D eigenvalue weighted by molar-refractivity contribution is 6.22. The fraction of sp³-hybridized carbons (Fsp3) is 0.143. The van der Waals surface area contributed by atoms with Crippen LogP contribution in [0.5, 0.6) is 0 Å². The van der Waals surface area contributed by atoms with Gasteiger partial charge < -0.3 is 9.88 Å². The lowest BCUT2D eigenvalue weighted by atomic mass is 10.0. The first-order valence-electron chi connectivity index (χ1n) is 6.07. The first-order chi connectivity index (χ1) is 9.58. The SMILES string of the molecule is CN(C)C1=CC(=O)c2nc(-c3ccccn3)[nH]c2C1=O. The fourth-order valence-corrected chi connectivity index (χ4v) is 2.06. The topological polar surface area (TPSA) is 79.0 Å². The summed E-state index contributed by atoms with van der Waals surface area (Å²) in [5.74, 6) is -0.0910. The summed E-state index contributed by atoms with van der Waals surface area (Å²) in [6, 6.07) is 5.37. The van der Waals surface area contributed by atoms with Crippen molar-refractivity contribution >= 4 is 11.6 Å². The number of pyridine rings is 1. The molecule has 1 N–H and O–H groups in total. The van der Waals surface area contributed by atoms with E-state index in [1.807, 2.05) is 6.07 Å². The van der Waals surface area contributed by atoms with Gasteiger partial charge in [-0.1, -0.05) is 6.07 Å². The van der Waals surface area contributed by atoms with Crippen LogP contribution in [0.3, 0.4) is 0 Å². The summed E-state index contributed by atoms with van der Waals surface area (Å²) in [5.41, 5.74) is 1.32. The summed E-state index contributed by atoms with van der Waals surface area (Å²) in [4.78, 5) is 37.2. The molecule has 2 heterocycles. The van der Waals surface area contributed by atoms with Gasteiger partial charge in [-0.25, -0.2) is 4.98 Å². The molecular weight excluding hydrogens is 256 g/mol. The lowest BCUT2D eigenvalue weighted by Gasteiger charge is -2.17. The fourth-order valence-electron chi connectivity index (χ4n) is 2.06. The highest BCUT2D eigenvalue weighted by Gasteiger charge is 2.30. The summed E-state index contributed by atoms with van der Waals surface area (Å²) in [6.07, 6.45) is 2.94. The van der Waals surface area contributed by atoms with Crippen LogP contribution in [-0.4, -0.2) is 45.5 Å². The summed E-state index contributed by atoms with van der Waals surface area (Å²) < 4.78 is 0. The molecule has 1 aliphatic rings. The molecule has 0 amide bonds. The van der Waals surface area contributed by atoms with Gasteiger partial charge in [0.05, 0.1) is 5.70 Å². The zero-order valence-corrected chi connectivity index (χ0v) is 11.0. The first-order valence-corrected chi connectivity index (χ1v) is 6.07. The lowest BCUT2D eigenvalue weighted by Crippen LogP contribution is -2.26. The second kappa shape index (κ2) is 4.41. The highest BCUT2D eigenvalue weighted by atomic mass is 16.1. The number of carbonyl (C=O) groups is 2. The minimum absolute atomic E-state index is 0.154. The lowest BCUT2D eigenvalue weighted by molar-refractivity contribution is 0.0957. The molecule has 0 atom stereocenters. The van der Waals surface area contributed by atoms with Gasteiger partial charge in [-0.2, -0.15) is 0 Å². The van der Waals surface area contributed by atoms with Crippen molar-refractivity contribution in [3.05, 3.63) is 47.6 Å². The number of allylic oxidation sites excluding steroid dienone is 2. The molecule has 100 valence electrons. The number of Topliss-reactive ketones (excluding diaryl/α,β-unsaturated/α-hetero) is 1. The Labute approximate surface area is 115 Å². The third-order valence-corrected chi connectivity index (χ3v) is 3.05. The van der Waals surface area contributed by atoms with Crippen molar-refractivity contribution in [3.8, 4) is 11.5 Å². The molecule has 2 aromatic rings. The van der Waals surface area contributed by atoms with Crippen molar-refractivity contribution in [2.45, 2.75) is 0 Å². The largest absolute Gasteiger partial charge is 0.374 e. The third-order valence-electron chi connectivity index (χ3n) is 3.05. The van der Waals surface area contributed by atoms with Crippen LogP contribution in [0.2, 0.25) is 0 Å². The molecule has 0 unspecified atom stereocenters. The molecule has 0 fully saturated rings. The smallest absolute Gasteiger partial charge is 0.227 e. The monoisotopic (exact) mass is 268 g/mol. The number of hydrogen-bond donors (Lipinski definition) is 1. The van der Waals surface area contributed by atoms with Gasteiger partial charge in [0, 0.05) is 26.4 Å². The van der Waals surface area contributed by atoms with E-state index in [1.54, 1.807) is 37.3 Å². The minimum atomic E-state index is -0.276. The molecule has 0 saturated carbocycles. The van der Waals surface area contributed by atoms with E-state index < -0.39 is 0 Å². The van der Waals surface area contributed by atoms with Crippen LogP contribution in [-0.2, 0) is 0 Å². The van der Waals surface area contributed by atoms with Gasteiger partial charge in [0.1, 0.15) is 17.1 Å². The van der Waals surface area contributed by atoms with Crippen LogP contribution in [0.4, 0.5) is 0 Å². The number of imidazole rings is 1. The average molecular weight is 268 g/mol. The highest BCUT2D eigenvalue weighted by Crippen LogP contribution is 2.23. The zero-order valence-electron chi connectivity index (χ0n) is 11.0. The Bertz CT molecular complexity index is 729. The quantitative estimate of drug-likeness (QED) is 0.888. The molecule has 20 heavy (non-hydrogen) atoms. The van der Waals surface area contributed by atoms with E-state index in [0.29, 0.717) is 17.2 Å². The molecule has 3 rings (SSSR count). The third kappa shape index (κ3) is 1.82. The summed E-state index contributed by atoms with van der Waals surface area (Å²) >= 11 is 0. The number of H-pyrrole nitrogens is 1. The van der Waals surface area contributed by atoms with Gasteiger partial charge in [-0.05, 0) is 12.1 Å². The van der Waals surface area contributed by atoms with Crippen LogP contribution in [0.1, 0.15) is 21.0 Å². The minimum Gasteiger partial charge on any atom is -0.374 e. The van der Waals surface area contributed by atoms with Crippen molar-refractivity contribution in [3.63, 3.8) is 0 Å². The number of ketones is 2. The van der Waals surface area contributed by atoms with Gasteiger partial charge in [-0.15, -0.1) is 0 Å². The summed E-state index contributed by atoms with van der Waals surface area (Å²) in [5, 5.41) is 0. The number of fused-ring (bicyclic) bond motifs is 1. The molecular formula is C14H12N4O2. The summed E-state index contributed by atoms with van der Waals surface area (Å²) in [7, 11) is 3.44. The van der Waals surface area contributed by atoms with E-state index >= 15 is 0 Å². The van der Waals surface area contributed by atoms with Crippen molar-refractivity contribution in [2.24, 2.45) is 0 Å². The van der Waals surface area contributed by atoms with E-state index in [4.69, 9.17) is 0 Å². The number of aromatic amines is 1. The molecule has 6 nitrogen and oxygen atoms in total. The Kier molecular flexibility index (Phi) is 2.71. The van der Waals surface area contributed by atoms with Crippen LogP contribution >= 0.6 is 0 Å². The van der Waals surface area contributed by atoms with E-state index in [-0.39, 0.29) is 23.0 Å². The standard InChI is InChI=1S/C14H12N4O2/c1-18(2)9-7-10(19)11-12(13(9)20)17-14(16-11)8-5-3-4-6-15-8/h3-7H,1-2H3,(H,16,17). The van der Waals surface area contributed by atoms with Crippen LogP contribution in [0, 0.1) is 0 Å². The Morgan fingerprint density at radius 2 is 2.00 bits per heavy atom. The Balaban J connectivity index is 2.10. The van der Waals surface area contributed by atoms with Crippen LogP contribution in [0.25, 0.3) is 11.5 Å². The second-order valence-electron chi connectivity index (χ2n) is 4.64. The van der Waals surface area contributed by atoms with Gasteiger partial charge in [0.15, 0.2) is 5.82 Å². The van der Waals surface area contributed by atoms with Crippen LogP contribution in [0.15, 0.2) is 36.2 Å². The molecule has 0 radical (unpaired) electrons. The molecule has 0 spiro atoms. The number of aromatic nitrogens is 3. The molecule has 6 heteroatoms. The number of likely N-dealkylation sites (N-methyl/N-ethyl adjacent to an activating group) is 1. The molecule has 1 aliphatic carbocycles. The van der Waals surface area contributed by atoms with Gasteiger partial charge in [-0.3, -0.25) is 14.6 Å². The summed E-state index contributed by atoms with van der Waals surface area (Å²) in [6.45, 7) is 0. The van der Waals surface area contributed by atoms with Gasteiger partial charge in [0.25, 0.3) is 0 Å². The normalized spacial score (nSPS) is 14.0. The predicted molar refractivity (Wildman–Crippen MR) is 72.2 cm³/mol. The maximum Gasteiger partial charge on any atom is 0.227 e. The number of nitrogens with zero attached hydrogens (tertiary/aromatic N) is 3. The van der Waals surface area contributed by atoms with E-state index in [9.17, 15) is 9.59 Å². The maximum absolute atomic E-state index is 12.3. The zero-order chi connectivity index (χ0) is 14.3. The number of rotatable bonds is 2. The van der Waals surface area contributed by atoms with Gasteiger partial charge >= 0.3 is 0 Å². The number of nitrogens with one attached hydrogen (secondary N) is 1. The molecule has 0 bridgehead atoms. The van der Waals surface area contributed by atoms with E-state index in [1.165, 1.54) is 6.08 Å².